The Morgan fingerprint density at radius 2 is 2.00 bits per heavy atom. The van der Waals surface area contributed by atoms with E-state index >= 15 is 0 Å². The maximum absolute atomic E-state index is 6.12. The minimum atomic E-state index is 0.383. The fourth-order valence-corrected chi connectivity index (χ4v) is 2.85. The first-order chi connectivity index (χ1) is 11.8. The molecule has 0 unspecified atom stereocenters. The monoisotopic (exact) mass is 359 g/mol. The maximum atomic E-state index is 6.12. The van der Waals surface area contributed by atoms with Crippen LogP contribution in [-0.2, 0) is 5.75 Å². The van der Waals surface area contributed by atoms with Gasteiger partial charge < -0.3 is 13.9 Å². The number of halogens is 1. The summed E-state index contributed by atoms with van der Waals surface area (Å²) in [5.41, 5.74) is 1.48. The molecule has 0 saturated carbocycles. The van der Waals surface area contributed by atoms with Crippen LogP contribution in [0.3, 0.4) is 0 Å². The molecule has 9 heteroatoms. The second-order valence-electron chi connectivity index (χ2n) is 4.74. The van der Waals surface area contributed by atoms with E-state index in [0.717, 1.165) is 5.69 Å². The van der Waals surface area contributed by atoms with E-state index in [1.165, 1.54) is 11.8 Å². The lowest BCUT2D eigenvalue weighted by atomic mass is 10.2. The van der Waals surface area contributed by atoms with Crippen molar-refractivity contribution in [2.45, 2.75) is 11.0 Å². The topological polar surface area (TPSA) is 93.6 Å². The zero-order valence-electron chi connectivity index (χ0n) is 12.1. The molecule has 1 N–H and O–H groups in total. The van der Waals surface area contributed by atoms with Gasteiger partial charge in [0.1, 0.15) is 5.69 Å². The van der Waals surface area contributed by atoms with Crippen molar-refractivity contribution in [3.63, 3.8) is 0 Å². The fourth-order valence-electron chi connectivity index (χ4n) is 2.02. The molecule has 0 atom stereocenters. The van der Waals surface area contributed by atoms with E-state index < -0.39 is 0 Å². The van der Waals surface area contributed by atoms with Gasteiger partial charge in [0.2, 0.25) is 0 Å². The third-order valence-electron chi connectivity index (χ3n) is 3.13. The van der Waals surface area contributed by atoms with Crippen LogP contribution in [0.4, 0.5) is 0 Å². The molecule has 3 heterocycles. The Kier molecular flexibility index (Phi) is 4.06. The number of rotatable bonds is 5. The molecule has 120 valence electrons. The molecule has 0 aliphatic carbocycles. The molecule has 4 aromatic rings. The summed E-state index contributed by atoms with van der Waals surface area (Å²) in [4.78, 5) is 7.34. The largest absolute Gasteiger partial charge is 0.410 e. The van der Waals surface area contributed by atoms with E-state index in [2.05, 4.69) is 25.3 Å². The van der Waals surface area contributed by atoms with Crippen molar-refractivity contribution >= 4 is 23.4 Å². The van der Waals surface area contributed by atoms with Gasteiger partial charge in [-0.2, -0.15) is 4.98 Å². The fraction of sp³-hybridized carbons (Fsp3) is 0.0667. The van der Waals surface area contributed by atoms with Gasteiger partial charge in [0, 0.05) is 6.20 Å². The van der Waals surface area contributed by atoms with Crippen molar-refractivity contribution in [3.05, 3.63) is 53.4 Å². The summed E-state index contributed by atoms with van der Waals surface area (Å²) >= 11 is 7.46. The number of nitrogens with one attached hydrogen (secondary N) is 1. The van der Waals surface area contributed by atoms with E-state index in [-0.39, 0.29) is 0 Å². The highest BCUT2D eigenvalue weighted by Crippen LogP contribution is 2.28. The van der Waals surface area contributed by atoms with Gasteiger partial charge in [0.25, 0.3) is 17.0 Å². The van der Waals surface area contributed by atoms with Crippen molar-refractivity contribution in [2.24, 2.45) is 0 Å². The van der Waals surface area contributed by atoms with Gasteiger partial charge in [-0.05, 0) is 24.3 Å². The van der Waals surface area contributed by atoms with Crippen LogP contribution in [0.2, 0.25) is 5.02 Å². The number of nitrogens with zero attached hydrogens (tertiary/aromatic N) is 4. The average Bonchev–Trinajstić information content (AvgIpc) is 3.34. The third-order valence-corrected chi connectivity index (χ3v) is 4.28. The maximum Gasteiger partial charge on any atom is 0.277 e. The molecule has 7 nitrogen and oxygen atoms in total. The van der Waals surface area contributed by atoms with Gasteiger partial charge in [-0.25, -0.2) is 0 Å². The van der Waals surface area contributed by atoms with Crippen LogP contribution in [-0.4, -0.2) is 25.3 Å². The number of H-pyrrole nitrogens is 1. The Hall–Kier alpha value is -2.58. The van der Waals surface area contributed by atoms with Gasteiger partial charge >= 0.3 is 0 Å². The second kappa shape index (κ2) is 6.50. The van der Waals surface area contributed by atoms with Crippen molar-refractivity contribution < 1.29 is 8.94 Å². The lowest BCUT2D eigenvalue weighted by Crippen LogP contribution is -1.85. The Bertz CT molecular complexity index is 950. The highest BCUT2D eigenvalue weighted by atomic mass is 35.5. The second-order valence-corrected chi connectivity index (χ2v) is 6.07. The number of aromatic amines is 1. The SMILES string of the molecule is Clc1ccccc1-c1nc(CSc2nnc(-c3ccc[nH]3)o2)no1. The summed E-state index contributed by atoms with van der Waals surface area (Å²) in [6, 6.07) is 11.0. The van der Waals surface area contributed by atoms with E-state index in [1.807, 2.05) is 30.3 Å². The van der Waals surface area contributed by atoms with Crippen LogP contribution in [0.1, 0.15) is 5.82 Å². The molecule has 4 rings (SSSR count). The molecule has 0 amide bonds. The number of hydrogen-bond donors (Lipinski definition) is 1. The Morgan fingerprint density at radius 3 is 2.83 bits per heavy atom. The highest BCUT2D eigenvalue weighted by molar-refractivity contribution is 7.98. The summed E-state index contributed by atoms with van der Waals surface area (Å²) in [6.07, 6.45) is 1.79. The standard InChI is InChI=1S/C15H10ClN5O2S/c16-10-5-2-1-4-9(10)13-18-12(21-23-13)8-24-15-20-19-14(22-15)11-6-3-7-17-11/h1-7,17H,8H2. The van der Waals surface area contributed by atoms with Crippen LogP contribution in [0, 0.1) is 0 Å². The lowest BCUT2D eigenvalue weighted by molar-refractivity contribution is 0.425. The molecule has 1 aromatic carbocycles. The molecule has 0 fully saturated rings. The first kappa shape index (κ1) is 15.0. The molecule has 0 saturated heterocycles. The molecule has 0 spiro atoms. The van der Waals surface area contributed by atoms with Gasteiger partial charge in [-0.3, -0.25) is 0 Å². The highest BCUT2D eigenvalue weighted by Gasteiger charge is 2.14. The normalized spacial score (nSPS) is 11.0. The minimum absolute atomic E-state index is 0.383. The summed E-state index contributed by atoms with van der Waals surface area (Å²) < 4.78 is 10.8. The van der Waals surface area contributed by atoms with Crippen LogP contribution < -0.4 is 0 Å². The molecule has 3 aromatic heterocycles. The van der Waals surface area contributed by atoms with E-state index in [4.69, 9.17) is 20.5 Å². The first-order valence-electron chi connectivity index (χ1n) is 6.97. The van der Waals surface area contributed by atoms with Crippen LogP contribution in [0.15, 0.2) is 56.8 Å². The molecule has 0 aliphatic rings. The number of thioether (sulfide) groups is 1. The van der Waals surface area contributed by atoms with Crippen molar-refractivity contribution in [1.82, 2.24) is 25.3 Å². The first-order valence-corrected chi connectivity index (χ1v) is 8.33. The summed E-state index contributed by atoms with van der Waals surface area (Å²) in [7, 11) is 0. The van der Waals surface area contributed by atoms with Crippen molar-refractivity contribution in [2.75, 3.05) is 0 Å². The summed E-state index contributed by atoms with van der Waals surface area (Å²) in [5, 5.41) is 12.9. The minimum Gasteiger partial charge on any atom is -0.410 e. The zero-order valence-corrected chi connectivity index (χ0v) is 13.7. The smallest absolute Gasteiger partial charge is 0.277 e. The van der Waals surface area contributed by atoms with E-state index in [9.17, 15) is 0 Å². The number of aromatic nitrogens is 5. The van der Waals surface area contributed by atoms with Crippen LogP contribution >= 0.6 is 23.4 Å². The molecule has 0 radical (unpaired) electrons. The predicted molar refractivity (Wildman–Crippen MR) is 88.4 cm³/mol. The molecular formula is C15H10ClN5O2S. The van der Waals surface area contributed by atoms with E-state index in [0.29, 0.717) is 39.2 Å². The third kappa shape index (κ3) is 3.06. The van der Waals surface area contributed by atoms with Crippen molar-refractivity contribution in [3.8, 4) is 23.0 Å². The van der Waals surface area contributed by atoms with Gasteiger partial charge in [0.05, 0.1) is 16.3 Å². The summed E-state index contributed by atoms with van der Waals surface area (Å²) in [5.74, 6) is 1.79. The molecular weight excluding hydrogens is 350 g/mol. The van der Waals surface area contributed by atoms with Gasteiger partial charge in [-0.1, -0.05) is 40.7 Å². The van der Waals surface area contributed by atoms with Crippen LogP contribution in [0.5, 0.6) is 0 Å². The van der Waals surface area contributed by atoms with Gasteiger partial charge in [-0.15, -0.1) is 10.2 Å². The summed E-state index contributed by atoms with van der Waals surface area (Å²) in [6.45, 7) is 0. The average molecular weight is 360 g/mol. The predicted octanol–water partition coefficient (Wildman–Crippen LogP) is 4.06. The van der Waals surface area contributed by atoms with Crippen molar-refractivity contribution in [1.29, 1.82) is 0 Å². The zero-order chi connectivity index (χ0) is 16.4. The Balaban J connectivity index is 1.45. The molecule has 0 bridgehead atoms. The Labute approximate surface area is 145 Å². The Morgan fingerprint density at radius 1 is 1.08 bits per heavy atom. The van der Waals surface area contributed by atoms with Gasteiger partial charge in [0.15, 0.2) is 5.82 Å². The molecule has 0 aliphatic heterocycles. The molecule has 24 heavy (non-hydrogen) atoms. The number of hydrogen-bond acceptors (Lipinski definition) is 7. The van der Waals surface area contributed by atoms with Crippen LogP contribution in [0.25, 0.3) is 23.0 Å². The van der Waals surface area contributed by atoms with E-state index in [1.54, 1.807) is 12.3 Å². The number of benzene rings is 1. The lowest BCUT2D eigenvalue weighted by Gasteiger charge is -1.95. The quantitative estimate of drug-likeness (QED) is 0.537.